The summed E-state index contributed by atoms with van der Waals surface area (Å²) < 4.78 is 0. The Morgan fingerprint density at radius 1 is 0.840 bits per heavy atom. The number of amides is 1. The van der Waals surface area contributed by atoms with Crippen LogP contribution in [0.4, 0.5) is 0 Å². The molecule has 0 unspecified atom stereocenters. The van der Waals surface area contributed by atoms with Gasteiger partial charge in [0.2, 0.25) is 0 Å². The van der Waals surface area contributed by atoms with Crippen LogP contribution in [0.2, 0.25) is 5.02 Å². The minimum absolute atomic E-state index is 0.0118. The van der Waals surface area contributed by atoms with Crippen LogP contribution in [0.5, 0.6) is 0 Å². The number of carbonyl (C=O) groups excluding carboxylic acids is 1. The first kappa shape index (κ1) is 15.7. The van der Waals surface area contributed by atoms with Gasteiger partial charge in [-0.15, -0.1) is 0 Å². The van der Waals surface area contributed by atoms with E-state index in [1.807, 2.05) is 83.8 Å². The maximum atomic E-state index is 13.0. The summed E-state index contributed by atoms with van der Waals surface area (Å²) in [6.07, 6.45) is 2.04. The van der Waals surface area contributed by atoms with Gasteiger partial charge in [0.05, 0.1) is 12.2 Å². The summed E-state index contributed by atoms with van der Waals surface area (Å²) in [7, 11) is 0. The zero-order chi connectivity index (χ0) is 17.2. The highest BCUT2D eigenvalue weighted by atomic mass is 35.5. The molecule has 0 radical (unpaired) electrons. The average molecular weight is 346 g/mol. The summed E-state index contributed by atoms with van der Waals surface area (Å²) in [5, 5.41) is 0.632. The number of carbonyl (C=O) groups is 1. The van der Waals surface area contributed by atoms with Crippen molar-refractivity contribution in [1.29, 1.82) is 0 Å². The average Bonchev–Trinajstić information content (AvgIpc) is 2.89. The Labute approximate surface area is 152 Å². The van der Waals surface area contributed by atoms with E-state index < -0.39 is 0 Å². The van der Waals surface area contributed by atoms with Gasteiger partial charge in [0.1, 0.15) is 0 Å². The third-order valence-electron chi connectivity index (χ3n) is 4.31. The summed E-state index contributed by atoms with van der Waals surface area (Å²) in [6.45, 7) is 0.532. The predicted molar refractivity (Wildman–Crippen MR) is 102 cm³/mol. The lowest BCUT2D eigenvalue weighted by molar-refractivity contribution is 0.0843. The number of nitrogens with zero attached hydrogens (tertiary/aromatic N) is 1. The molecule has 1 heterocycles. The molecule has 0 spiro atoms. The van der Waals surface area contributed by atoms with E-state index >= 15 is 0 Å². The van der Waals surface area contributed by atoms with Gasteiger partial charge >= 0.3 is 0 Å². The van der Waals surface area contributed by atoms with Crippen molar-refractivity contribution in [2.45, 2.75) is 6.54 Å². The fourth-order valence-electron chi connectivity index (χ4n) is 3.10. The van der Waals surface area contributed by atoms with Crippen molar-refractivity contribution >= 4 is 29.3 Å². The summed E-state index contributed by atoms with van der Waals surface area (Å²) in [6, 6.07) is 25.5. The Morgan fingerprint density at radius 2 is 1.52 bits per heavy atom. The first-order valence-electron chi connectivity index (χ1n) is 8.15. The van der Waals surface area contributed by atoms with Crippen molar-refractivity contribution in [2.75, 3.05) is 0 Å². The van der Waals surface area contributed by atoms with E-state index in [4.69, 9.17) is 11.6 Å². The summed E-state index contributed by atoms with van der Waals surface area (Å²) in [5.74, 6) is 0.0118. The van der Waals surface area contributed by atoms with E-state index in [2.05, 4.69) is 0 Å². The lowest BCUT2D eigenvalue weighted by atomic mass is 10.1. The molecule has 0 saturated heterocycles. The van der Waals surface area contributed by atoms with Crippen LogP contribution in [-0.4, -0.2) is 10.8 Å². The van der Waals surface area contributed by atoms with E-state index in [9.17, 15) is 4.79 Å². The maximum absolute atomic E-state index is 13.0. The van der Waals surface area contributed by atoms with E-state index in [0.717, 1.165) is 22.4 Å². The lowest BCUT2D eigenvalue weighted by Crippen LogP contribution is -2.22. The van der Waals surface area contributed by atoms with Crippen LogP contribution in [0.1, 0.15) is 27.0 Å². The molecule has 1 amide bonds. The Morgan fingerprint density at radius 3 is 2.24 bits per heavy atom. The molecule has 25 heavy (non-hydrogen) atoms. The second kappa shape index (κ2) is 6.58. The molecular weight excluding hydrogens is 330 g/mol. The van der Waals surface area contributed by atoms with Gasteiger partial charge in [-0.1, -0.05) is 72.3 Å². The molecule has 4 rings (SSSR count). The molecule has 3 heteroatoms. The Bertz CT molecular complexity index is 948. The summed E-state index contributed by atoms with van der Waals surface area (Å²) in [4.78, 5) is 14.8. The Kier molecular flexibility index (Phi) is 4.12. The molecule has 0 N–H and O–H groups in total. The molecule has 3 aromatic carbocycles. The monoisotopic (exact) mass is 345 g/mol. The highest BCUT2D eigenvalue weighted by molar-refractivity contribution is 6.31. The first-order chi connectivity index (χ1) is 12.2. The minimum Gasteiger partial charge on any atom is -0.303 e. The number of hydrogen-bond acceptors (Lipinski definition) is 1. The molecule has 122 valence electrons. The third kappa shape index (κ3) is 3.09. The minimum atomic E-state index is 0.0118. The first-order valence-corrected chi connectivity index (χ1v) is 8.52. The van der Waals surface area contributed by atoms with Crippen molar-refractivity contribution in [3.63, 3.8) is 0 Å². The normalized spacial score (nSPS) is 14.8. The van der Waals surface area contributed by atoms with Crippen LogP contribution in [0, 0.1) is 0 Å². The summed E-state index contributed by atoms with van der Waals surface area (Å²) >= 11 is 6.19. The standard InChI is InChI=1S/C22H16ClNO/c23-18-11-12-19-20(14-18)21(13-16-7-3-1-4-8-16)24(22(19)25)15-17-9-5-2-6-10-17/h1-14H,15H2/b21-13-. The van der Waals surface area contributed by atoms with Crippen molar-refractivity contribution < 1.29 is 4.79 Å². The third-order valence-corrected chi connectivity index (χ3v) is 4.55. The highest BCUT2D eigenvalue weighted by Gasteiger charge is 2.32. The van der Waals surface area contributed by atoms with Crippen LogP contribution >= 0.6 is 11.6 Å². The lowest BCUT2D eigenvalue weighted by Gasteiger charge is -2.19. The molecule has 1 aliphatic rings. The van der Waals surface area contributed by atoms with Gasteiger partial charge in [-0.25, -0.2) is 0 Å². The molecule has 0 aromatic heterocycles. The number of fused-ring (bicyclic) bond motifs is 1. The quantitative estimate of drug-likeness (QED) is 0.614. The van der Waals surface area contributed by atoms with Crippen LogP contribution in [0.15, 0.2) is 78.9 Å². The topological polar surface area (TPSA) is 20.3 Å². The van der Waals surface area contributed by atoms with Crippen molar-refractivity contribution in [3.05, 3.63) is 106 Å². The molecule has 2 nitrogen and oxygen atoms in total. The zero-order valence-electron chi connectivity index (χ0n) is 13.5. The van der Waals surface area contributed by atoms with Crippen molar-refractivity contribution in [2.24, 2.45) is 0 Å². The van der Waals surface area contributed by atoms with Crippen LogP contribution in [-0.2, 0) is 6.54 Å². The molecule has 0 saturated carbocycles. The van der Waals surface area contributed by atoms with Gasteiger partial charge in [-0.2, -0.15) is 0 Å². The fraction of sp³-hybridized carbons (Fsp3) is 0.0455. The van der Waals surface area contributed by atoms with E-state index in [1.165, 1.54) is 0 Å². The molecule has 0 aliphatic carbocycles. The molecule has 0 fully saturated rings. The largest absolute Gasteiger partial charge is 0.303 e. The molecule has 0 atom stereocenters. The molecule has 3 aromatic rings. The van der Waals surface area contributed by atoms with Crippen molar-refractivity contribution in [3.8, 4) is 0 Å². The molecule has 1 aliphatic heterocycles. The van der Waals surface area contributed by atoms with Crippen LogP contribution in [0.25, 0.3) is 11.8 Å². The molecule has 0 bridgehead atoms. The van der Waals surface area contributed by atoms with Gasteiger partial charge in [-0.3, -0.25) is 4.79 Å². The number of hydrogen-bond donors (Lipinski definition) is 0. The van der Waals surface area contributed by atoms with Gasteiger partial charge in [0, 0.05) is 16.1 Å². The predicted octanol–water partition coefficient (Wildman–Crippen LogP) is 5.49. The van der Waals surface area contributed by atoms with E-state index in [0.29, 0.717) is 17.1 Å². The van der Waals surface area contributed by atoms with Crippen LogP contribution < -0.4 is 0 Å². The second-order valence-corrected chi connectivity index (χ2v) is 6.44. The molecular formula is C22H16ClNO. The van der Waals surface area contributed by atoms with E-state index in [1.54, 1.807) is 6.07 Å². The zero-order valence-corrected chi connectivity index (χ0v) is 14.3. The van der Waals surface area contributed by atoms with Gasteiger partial charge in [0.25, 0.3) is 5.91 Å². The number of rotatable bonds is 3. The maximum Gasteiger partial charge on any atom is 0.259 e. The highest BCUT2D eigenvalue weighted by Crippen LogP contribution is 2.36. The number of halogens is 1. The smallest absolute Gasteiger partial charge is 0.259 e. The summed E-state index contributed by atoms with van der Waals surface area (Å²) in [5.41, 5.74) is 4.61. The van der Waals surface area contributed by atoms with E-state index in [-0.39, 0.29) is 5.91 Å². The fourth-order valence-corrected chi connectivity index (χ4v) is 3.27. The second-order valence-electron chi connectivity index (χ2n) is 6.01. The van der Waals surface area contributed by atoms with Gasteiger partial charge in [0.15, 0.2) is 0 Å². The van der Waals surface area contributed by atoms with Gasteiger partial charge in [-0.05, 0) is 35.4 Å². The van der Waals surface area contributed by atoms with Crippen LogP contribution in [0.3, 0.4) is 0 Å². The SMILES string of the molecule is O=C1c2ccc(Cl)cc2/C(=C/c2ccccc2)N1Cc1ccccc1. The van der Waals surface area contributed by atoms with Gasteiger partial charge < -0.3 is 4.90 Å². The van der Waals surface area contributed by atoms with Crippen molar-refractivity contribution in [1.82, 2.24) is 4.90 Å². The number of benzene rings is 3. The Balaban J connectivity index is 1.82. The Hall–Kier alpha value is -2.84.